The second-order valence-corrected chi connectivity index (χ2v) is 7.17. The summed E-state index contributed by atoms with van der Waals surface area (Å²) >= 11 is 0. The van der Waals surface area contributed by atoms with Crippen molar-refractivity contribution in [2.75, 3.05) is 0 Å². The molecule has 138 valence electrons. The molecule has 1 nitrogen and oxygen atoms in total. The van der Waals surface area contributed by atoms with Gasteiger partial charge in [0, 0.05) is 16.5 Å². The van der Waals surface area contributed by atoms with Gasteiger partial charge in [-0.15, -0.1) is 0 Å². The lowest BCUT2D eigenvalue weighted by Gasteiger charge is -2.08. The van der Waals surface area contributed by atoms with Crippen molar-refractivity contribution in [2.45, 2.75) is 20.3 Å². The Morgan fingerprint density at radius 3 is 2.32 bits per heavy atom. The van der Waals surface area contributed by atoms with Crippen LogP contribution in [0, 0.1) is 0 Å². The topological polar surface area (TPSA) is 4.93 Å². The molecule has 3 aromatic carbocycles. The van der Waals surface area contributed by atoms with E-state index in [0.717, 1.165) is 12.0 Å². The van der Waals surface area contributed by atoms with Gasteiger partial charge in [0.15, 0.2) is 0 Å². The van der Waals surface area contributed by atoms with E-state index in [-0.39, 0.29) is 0 Å². The molecule has 0 aliphatic carbocycles. The highest BCUT2D eigenvalue weighted by atomic mass is 15.0. The van der Waals surface area contributed by atoms with Crippen molar-refractivity contribution in [2.24, 2.45) is 0 Å². The number of rotatable bonds is 5. The lowest BCUT2D eigenvalue weighted by molar-refractivity contribution is 1.18. The average Bonchev–Trinajstić information content (AvgIpc) is 3.05. The van der Waals surface area contributed by atoms with Crippen LogP contribution in [0.1, 0.15) is 25.8 Å². The molecular weight excluding hydrogens is 338 g/mol. The van der Waals surface area contributed by atoms with Crippen LogP contribution in [-0.2, 0) is 0 Å². The van der Waals surface area contributed by atoms with Crippen LogP contribution in [0.2, 0.25) is 0 Å². The maximum atomic E-state index is 3.99. The predicted octanol–water partition coefficient (Wildman–Crippen LogP) is 7.71. The van der Waals surface area contributed by atoms with Crippen molar-refractivity contribution in [1.82, 2.24) is 4.57 Å². The molecule has 0 fully saturated rings. The fraction of sp³-hybridized carbons (Fsp3) is 0.111. The van der Waals surface area contributed by atoms with Crippen LogP contribution >= 0.6 is 0 Å². The minimum atomic E-state index is 1.000. The molecule has 28 heavy (non-hydrogen) atoms. The number of aromatic nitrogens is 1. The van der Waals surface area contributed by atoms with Crippen molar-refractivity contribution < 1.29 is 0 Å². The minimum Gasteiger partial charge on any atom is -0.309 e. The Kier molecular flexibility index (Phi) is 4.99. The summed E-state index contributed by atoms with van der Waals surface area (Å²) < 4.78 is 2.35. The normalized spacial score (nSPS) is 12.3. The molecule has 1 heteroatoms. The van der Waals surface area contributed by atoms with E-state index in [2.05, 4.69) is 109 Å². The Bertz CT molecular complexity index is 1200. The number of allylic oxidation sites excluding steroid dienone is 5. The standard InChI is InChI=1S/C27H25N/c1-4-10-21(16-15-20(2)3)22-17-18-27-25(19-22)24-13-8-9-14-26(24)28(27)23-11-6-5-7-12-23/h5-19H,2,4H2,1,3H3. The molecule has 1 aromatic heterocycles. The molecule has 0 spiro atoms. The number of hydrogen-bond acceptors (Lipinski definition) is 0. The first-order valence-corrected chi connectivity index (χ1v) is 9.82. The fourth-order valence-electron chi connectivity index (χ4n) is 3.74. The van der Waals surface area contributed by atoms with Gasteiger partial charge in [0.1, 0.15) is 0 Å². The molecule has 0 unspecified atom stereocenters. The van der Waals surface area contributed by atoms with Crippen molar-refractivity contribution >= 4 is 27.4 Å². The van der Waals surface area contributed by atoms with Gasteiger partial charge in [-0.2, -0.15) is 0 Å². The van der Waals surface area contributed by atoms with Crippen molar-refractivity contribution in [1.29, 1.82) is 0 Å². The summed E-state index contributed by atoms with van der Waals surface area (Å²) in [6.45, 7) is 8.19. The Morgan fingerprint density at radius 2 is 1.57 bits per heavy atom. The third-order valence-electron chi connectivity index (χ3n) is 4.99. The van der Waals surface area contributed by atoms with E-state index in [1.807, 2.05) is 6.92 Å². The molecule has 0 aliphatic heterocycles. The highest BCUT2D eigenvalue weighted by molar-refractivity contribution is 6.10. The molecule has 4 aromatic rings. The molecule has 0 radical (unpaired) electrons. The Hall–Kier alpha value is -3.32. The summed E-state index contributed by atoms with van der Waals surface area (Å²) in [4.78, 5) is 0. The van der Waals surface area contributed by atoms with Crippen LogP contribution in [0.15, 0.2) is 103 Å². The van der Waals surface area contributed by atoms with E-state index in [0.29, 0.717) is 0 Å². The van der Waals surface area contributed by atoms with E-state index in [1.165, 1.54) is 38.6 Å². The van der Waals surface area contributed by atoms with Crippen molar-refractivity contribution in [3.8, 4) is 5.69 Å². The monoisotopic (exact) mass is 363 g/mol. The lowest BCUT2D eigenvalue weighted by Crippen LogP contribution is -1.93. The van der Waals surface area contributed by atoms with Gasteiger partial charge in [-0.05, 0) is 54.8 Å². The summed E-state index contributed by atoms with van der Waals surface area (Å²) in [5.74, 6) is 0. The first kappa shape index (κ1) is 18.1. The van der Waals surface area contributed by atoms with Gasteiger partial charge >= 0.3 is 0 Å². The average molecular weight is 364 g/mol. The third kappa shape index (κ3) is 3.32. The van der Waals surface area contributed by atoms with E-state index >= 15 is 0 Å². The van der Waals surface area contributed by atoms with Gasteiger partial charge in [-0.3, -0.25) is 0 Å². The second kappa shape index (κ2) is 7.74. The maximum Gasteiger partial charge on any atom is 0.0541 e. The molecule has 1 heterocycles. The van der Waals surface area contributed by atoms with E-state index < -0.39 is 0 Å². The van der Waals surface area contributed by atoms with Gasteiger partial charge in [0.25, 0.3) is 0 Å². The van der Waals surface area contributed by atoms with Crippen LogP contribution in [0.3, 0.4) is 0 Å². The maximum absolute atomic E-state index is 3.99. The van der Waals surface area contributed by atoms with Crippen molar-refractivity contribution in [3.63, 3.8) is 0 Å². The lowest BCUT2D eigenvalue weighted by atomic mass is 10.0. The number of hydrogen-bond donors (Lipinski definition) is 0. The fourth-order valence-corrected chi connectivity index (χ4v) is 3.74. The molecular formula is C27H25N. The van der Waals surface area contributed by atoms with Crippen LogP contribution in [0.5, 0.6) is 0 Å². The molecule has 4 rings (SSSR count). The predicted molar refractivity (Wildman–Crippen MR) is 123 cm³/mol. The first-order valence-electron chi connectivity index (χ1n) is 9.82. The molecule has 0 amide bonds. The summed E-state index contributed by atoms with van der Waals surface area (Å²) in [6, 6.07) is 26.0. The molecule has 0 saturated heterocycles. The van der Waals surface area contributed by atoms with Gasteiger partial charge < -0.3 is 4.57 Å². The summed E-state index contributed by atoms with van der Waals surface area (Å²) in [7, 11) is 0. The Labute approximate surface area is 166 Å². The van der Waals surface area contributed by atoms with Gasteiger partial charge in [-0.25, -0.2) is 0 Å². The van der Waals surface area contributed by atoms with Gasteiger partial charge in [-0.1, -0.05) is 79.8 Å². The Morgan fingerprint density at radius 1 is 0.857 bits per heavy atom. The molecule has 0 N–H and O–H groups in total. The summed E-state index contributed by atoms with van der Waals surface area (Å²) in [5.41, 5.74) is 7.19. The first-order chi connectivity index (χ1) is 13.7. The SMILES string of the molecule is C=C(C)C=CC(=CCC)c1ccc2c(c1)c1ccccc1n2-c1ccccc1. The largest absolute Gasteiger partial charge is 0.309 e. The highest BCUT2D eigenvalue weighted by Crippen LogP contribution is 2.34. The quantitative estimate of drug-likeness (QED) is 0.320. The van der Waals surface area contributed by atoms with Gasteiger partial charge in [0.2, 0.25) is 0 Å². The van der Waals surface area contributed by atoms with Crippen LogP contribution in [-0.4, -0.2) is 4.57 Å². The number of nitrogens with zero attached hydrogens (tertiary/aromatic N) is 1. The zero-order chi connectivity index (χ0) is 19.5. The van der Waals surface area contributed by atoms with E-state index in [4.69, 9.17) is 0 Å². The van der Waals surface area contributed by atoms with Crippen LogP contribution in [0.25, 0.3) is 33.1 Å². The zero-order valence-electron chi connectivity index (χ0n) is 16.5. The summed E-state index contributed by atoms with van der Waals surface area (Å²) in [6.07, 6.45) is 7.53. The van der Waals surface area contributed by atoms with Gasteiger partial charge in [0.05, 0.1) is 11.0 Å². The Balaban J connectivity index is 1.97. The summed E-state index contributed by atoms with van der Waals surface area (Å²) in [5, 5.41) is 2.56. The molecule has 0 aliphatic rings. The second-order valence-electron chi connectivity index (χ2n) is 7.17. The zero-order valence-corrected chi connectivity index (χ0v) is 16.5. The highest BCUT2D eigenvalue weighted by Gasteiger charge is 2.12. The van der Waals surface area contributed by atoms with Crippen LogP contribution < -0.4 is 0 Å². The molecule has 0 atom stereocenters. The number of para-hydroxylation sites is 2. The number of fused-ring (bicyclic) bond motifs is 3. The van der Waals surface area contributed by atoms with E-state index in [9.17, 15) is 0 Å². The molecule has 0 bridgehead atoms. The van der Waals surface area contributed by atoms with Crippen molar-refractivity contribution in [3.05, 3.63) is 109 Å². The number of benzene rings is 3. The minimum absolute atomic E-state index is 1.000. The van der Waals surface area contributed by atoms with E-state index in [1.54, 1.807) is 0 Å². The van der Waals surface area contributed by atoms with Crippen LogP contribution in [0.4, 0.5) is 0 Å². The molecule has 0 saturated carbocycles. The smallest absolute Gasteiger partial charge is 0.0541 e. The third-order valence-corrected chi connectivity index (χ3v) is 4.99.